The molecule has 8 heteroatoms. The highest BCUT2D eigenvalue weighted by Crippen LogP contribution is 2.22. The second-order valence-electron chi connectivity index (χ2n) is 7.06. The van der Waals surface area contributed by atoms with Crippen LogP contribution in [0.2, 0.25) is 0 Å². The van der Waals surface area contributed by atoms with Crippen molar-refractivity contribution in [3.8, 4) is 0 Å². The van der Waals surface area contributed by atoms with Crippen LogP contribution in [0.5, 0.6) is 0 Å². The molecule has 2 aromatic carbocycles. The number of sulfonamides is 1. The lowest BCUT2D eigenvalue weighted by Crippen LogP contribution is -2.30. The van der Waals surface area contributed by atoms with Gasteiger partial charge in [0, 0.05) is 6.54 Å². The summed E-state index contributed by atoms with van der Waals surface area (Å²) >= 11 is 0. The molecule has 3 rings (SSSR count). The molecule has 0 spiro atoms. The maximum atomic E-state index is 12.2. The number of ether oxygens (including phenoxy) is 1. The van der Waals surface area contributed by atoms with Gasteiger partial charge in [-0.25, -0.2) is 18.4 Å². The van der Waals surface area contributed by atoms with Gasteiger partial charge in [-0.3, -0.25) is 4.79 Å². The second kappa shape index (κ2) is 9.19. The van der Waals surface area contributed by atoms with Crippen LogP contribution in [-0.4, -0.2) is 33.4 Å². The molecule has 0 aromatic heterocycles. The van der Waals surface area contributed by atoms with Gasteiger partial charge in [0.2, 0.25) is 10.0 Å². The van der Waals surface area contributed by atoms with Gasteiger partial charge in [0.05, 0.1) is 10.5 Å². The first-order valence-corrected chi connectivity index (χ1v) is 11.0. The number of nitrogens with two attached hydrogens (primary N) is 1. The van der Waals surface area contributed by atoms with Gasteiger partial charge in [-0.2, -0.15) is 0 Å². The lowest BCUT2D eigenvalue weighted by Gasteiger charge is -2.16. The van der Waals surface area contributed by atoms with Gasteiger partial charge < -0.3 is 10.1 Å². The van der Waals surface area contributed by atoms with Crippen LogP contribution in [0.25, 0.3) is 0 Å². The van der Waals surface area contributed by atoms with Crippen LogP contribution < -0.4 is 10.5 Å². The summed E-state index contributed by atoms with van der Waals surface area (Å²) in [6.45, 7) is -0.00970. The highest BCUT2D eigenvalue weighted by Gasteiger charge is 2.15. The van der Waals surface area contributed by atoms with E-state index in [9.17, 15) is 18.0 Å². The number of carbonyl (C=O) groups excluding carboxylic acids is 2. The number of aryl methyl sites for hydroxylation is 2. The maximum Gasteiger partial charge on any atom is 0.338 e. The highest BCUT2D eigenvalue weighted by atomic mass is 32.2. The molecule has 0 saturated carbocycles. The van der Waals surface area contributed by atoms with Crippen molar-refractivity contribution in [3.05, 3.63) is 64.7 Å². The van der Waals surface area contributed by atoms with Crippen LogP contribution in [0.3, 0.4) is 0 Å². The maximum absolute atomic E-state index is 12.2. The Morgan fingerprint density at radius 1 is 1.00 bits per heavy atom. The third-order valence-corrected chi connectivity index (χ3v) is 5.84. The Morgan fingerprint density at radius 2 is 1.69 bits per heavy atom. The summed E-state index contributed by atoms with van der Waals surface area (Å²) in [6, 6.07) is 11.7. The molecule has 0 saturated heterocycles. The van der Waals surface area contributed by atoms with E-state index in [0.717, 1.165) is 24.8 Å². The smallest absolute Gasteiger partial charge is 0.338 e. The number of esters is 1. The normalized spacial score (nSPS) is 13.4. The van der Waals surface area contributed by atoms with Gasteiger partial charge in [-0.05, 0) is 73.1 Å². The van der Waals surface area contributed by atoms with Gasteiger partial charge >= 0.3 is 5.97 Å². The van der Waals surface area contributed by atoms with E-state index in [2.05, 4.69) is 5.32 Å². The fraction of sp³-hybridized carbons (Fsp3) is 0.333. The van der Waals surface area contributed by atoms with Gasteiger partial charge in [-0.15, -0.1) is 0 Å². The van der Waals surface area contributed by atoms with Crippen LogP contribution in [0, 0.1) is 0 Å². The Morgan fingerprint density at radius 3 is 2.38 bits per heavy atom. The molecular formula is C21H24N2O5S. The van der Waals surface area contributed by atoms with E-state index in [1.54, 1.807) is 18.2 Å². The van der Waals surface area contributed by atoms with Crippen LogP contribution >= 0.6 is 0 Å². The van der Waals surface area contributed by atoms with Crippen molar-refractivity contribution in [2.75, 3.05) is 13.2 Å². The average molecular weight is 416 g/mol. The summed E-state index contributed by atoms with van der Waals surface area (Å²) in [4.78, 5) is 24.1. The molecule has 0 atom stereocenters. The SMILES string of the molecule is NS(=O)(=O)c1ccc(CCNC(=O)COC(=O)c2ccc3c(c2)CCCC3)cc1. The minimum Gasteiger partial charge on any atom is -0.452 e. The van der Waals surface area contributed by atoms with E-state index >= 15 is 0 Å². The van der Waals surface area contributed by atoms with E-state index in [-0.39, 0.29) is 11.5 Å². The lowest BCUT2D eigenvalue weighted by molar-refractivity contribution is -0.124. The van der Waals surface area contributed by atoms with Gasteiger partial charge in [0.1, 0.15) is 0 Å². The summed E-state index contributed by atoms with van der Waals surface area (Å²) in [5.41, 5.74) is 3.78. The summed E-state index contributed by atoms with van der Waals surface area (Å²) in [7, 11) is -3.72. The topological polar surface area (TPSA) is 116 Å². The van der Waals surface area contributed by atoms with Gasteiger partial charge in [0.15, 0.2) is 6.61 Å². The van der Waals surface area contributed by atoms with Gasteiger partial charge in [0.25, 0.3) is 5.91 Å². The quantitative estimate of drug-likeness (QED) is 0.667. The van der Waals surface area contributed by atoms with Crippen molar-refractivity contribution < 1.29 is 22.7 Å². The van der Waals surface area contributed by atoms with Crippen molar-refractivity contribution in [3.63, 3.8) is 0 Å². The first-order valence-electron chi connectivity index (χ1n) is 9.50. The Bertz CT molecular complexity index is 1000. The highest BCUT2D eigenvalue weighted by molar-refractivity contribution is 7.89. The first kappa shape index (κ1) is 21.0. The van der Waals surface area contributed by atoms with Crippen LogP contribution in [-0.2, 0) is 38.8 Å². The minimum atomic E-state index is -3.72. The van der Waals surface area contributed by atoms with Crippen molar-refractivity contribution in [2.24, 2.45) is 5.14 Å². The largest absolute Gasteiger partial charge is 0.452 e. The van der Waals surface area contributed by atoms with Crippen molar-refractivity contribution in [2.45, 2.75) is 37.0 Å². The molecule has 1 aliphatic rings. The van der Waals surface area contributed by atoms with Crippen LogP contribution in [0.15, 0.2) is 47.4 Å². The van der Waals surface area contributed by atoms with Crippen molar-refractivity contribution >= 4 is 21.9 Å². The molecule has 3 N–H and O–H groups in total. The Balaban J connectivity index is 1.42. The van der Waals surface area contributed by atoms with Crippen molar-refractivity contribution in [1.29, 1.82) is 0 Å². The zero-order valence-corrected chi connectivity index (χ0v) is 16.8. The minimum absolute atomic E-state index is 0.0411. The van der Waals surface area contributed by atoms with Crippen molar-refractivity contribution in [1.82, 2.24) is 5.32 Å². The molecule has 0 unspecified atom stereocenters. The number of hydrogen-bond acceptors (Lipinski definition) is 5. The number of nitrogens with one attached hydrogen (secondary N) is 1. The number of carbonyl (C=O) groups is 2. The predicted octanol–water partition coefficient (Wildman–Crippen LogP) is 1.73. The molecule has 7 nitrogen and oxygen atoms in total. The molecule has 1 aliphatic carbocycles. The second-order valence-corrected chi connectivity index (χ2v) is 8.62. The van der Waals surface area contributed by atoms with Crippen LogP contribution in [0.1, 0.15) is 39.9 Å². The summed E-state index contributed by atoms with van der Waals surface area (Å²) in [5.74, 6) is -0.899. The first-order chi connectivity index (χ1) is 13.8. The summed E-state index contributed by atoms with van der Waals surface area (Å²) in [6.07, 6.45) is 4.81. The molecule has 2 aromatic rings. The molecule has 0 radical (unpaired) electrons. The number of primary sulfonamides is 1. The molecule has 0 aliphatic heterocycles. The fourth-order valence-corrected chi connectivity index (χ4v) is 3.83. The summed E-state index contributed by atoms with van der Waals surface area (Å²) in [5, 5.41) is 7.73. The number of benzene rings is 2. The third kappa shape index (κ3) is 5.88. The molecule has 1 amide bonds. The lowest BCUT2D eigenvalue weighted by atomic mass is 9.90. The van der Waals surface area contributed by atoms with Crippen LogP contribution in [0.4, 0.5) is 0 Å². The number of amides is 1. The van der Waals surface area contributed by atoms with Gasteiger partial charge in [-0.1, -0.05) is 18.2 Å². The molecule has 29 heavy (non-hydrogen) atoms. The zero-order chi connectivity index (χ0) is 20.9. The third-order valence-electron chi connectivity index (χ3n) is 4.91. The Labute approximate surface area is 170 Å². The summed E-state index contributed by atoms with van der Waals surface area (Å²) < 4.78 is 27.6. The molecule has 0 fully saturated rings. The Hall–Kier alpha value is -2.71. The number of hydrogen-bond donors (Lipinski definition) is 2. The van der Waals surface area contributed by atoms with E-state index in [4.69, 9.17) is 9.88 Å². The van der Waals surface area contributed by atoms with E-state index in [1.807, 2.05) is 12.1 Å². The standard InChI is InChI=1S/C21H24N2O5S/c22-29(26,27)19-9-5-15(6-10-19)11-12-23-20(24)14-28-21(25)18-8-7-16-3-1-2-4-17(16)13-18/h5-10,13H,1-4,11-12,14H2,(H,23,24)(H2,22,26,27). The molecule has 0 heterocycles. The van der Waals surface area contributed by atoms with E-state index in [1.165, 1.54) is 29.7 Å². The molecule has 154 valence electrons. The predicted molar refractivity (Wildman–Crippen MR) is 108 cm³/mol. The van der Waals surface area contributed by atoms with E-state index < -0.39 is 21.9 Å². The monoisotopic (exact) mass is 416 g/mol. The average Bonchev–Trinajstić information content (AvgIpc) is 2.71. The molecular weight excluding hydrogens is 392 g/mol. The van der Waals surface area contributed by atoms with E-state index in [0.29, 0.717) is 18.5 Å². The Kier molecular flexibility index (Phi) is 6.66. The number of fused-ring (bicyclic) bond motifs is 1. The zero-order valence-electron chi connectivity index (χ0n) is 16.0. The number of rotatable bonds is 7. The molecule has 0 bridgehead atoms. The fourth-order valence-electron chi connectivity index (χ4n) is 3.32.